The van der Waals surface area contributed by atoms with Crippen molar-refractivity contribution >= 4 is 23.1 Å². The van der Waals surface area contributed by atoms with E-state index in [1.165, 1.54) is 6.20 Å². The van der Waals surface area contributed by atoms with Crippen LogP contribution >= 0.6 is 0 Å². The molecule has 1 atom stereocenters. The average molecular weight is 378 g/mol. The van der Waals surface area contributed by atoms with Gasteiger partial charge in [-0.05, 0) is 45.7 Å². The number of aromatic nitrogens is 2. The largest absolute Gasteiger partial charge is 0.370 e. The van der Waals surface area contributed by atoms with Crippen LogP contribution in [0.15, 0.2) is 47.8 Å². The van der Waals surface area contributed by atoms with Gasteiger partial charge in [-0.1, -0.05) is 12.1 Å². The second kappa shape index (κ2) is 6.89. The molecule has 1 aromatic carbocycles. The van der Waals surface area contributed by atoms with Gasteiger partial charge in [0.15, 0.2) is 0 Å². The van der Waals surface area contributed by atoms with Crippen LogP contribution < -0.4 is 10.6 Å². The fraction of sp³-hybridized carbons (Fsp3) is 0.429. The van der Waals surface area contributed by atoms with Crippen molar-refractivity contribution in [3.8, 4) is 0 Å². The molecular weight excluding hydrogens is 352 g/mol. The number of carbonyl (C=O) groups excluding carboxylic acids is 1. The lowest BCUT2D eigenvalue weighted by atomic mass is 9.84. The third kappa shape index (κ3) is 3.56. The van der Waals surface area contributed by atoms with E-state index in [4.69, 9.17) is 4.99 Å². The topological polar surface area (TPSA) is 82.5 Å². The predicted molar refractivity (Wildman–Crippen MR) is 111 cm³/mol. The fourth-order valence-corrected chi connectivity index (χ4v) is 3.83. The first kappa shape index (κ1) is 18.4. The zero-order valence-corrected chi connectivity index (χ0v) is 16.6. The number of aliphatic imine (C=N–C) groups is 1. The highest BCUT2D eigenvalue weighted by atomic mass is 16.2. The summed E-state index contributed by atoms with van der Waals surface area (Å²) in [4.78, 5) is 28.1. The number of likely N-dealkylation sites (tertiary alicyclic amines) is 1. The highest BCUT2D eigenvalue weighted by Crippen LogP contribution is 2.37. The van der Waals surface area contributed by atoms with Crippen molar-refractivity contribution < 1.29 is 4.79 Å². The molecule has 1 saturated heterocycles. The van der Waals surface area contributed by atoms with E-state index in [2.05, 4.69) is 47.4 Å². The Morgan fingerprint density at radius 1 is 1.21 bits per heavy atom. The minimum atomic E-state index is -0.447. The average Bonchev–Trinajstić information content (AvgIpc) is 2.68. The highest BCUT2D eigenvalue weighted by molar-refractivity contribution is 6.10. The predicted octanol–water partition coefficient (Wildman–Crippen LogP) is 3.19. The highest BCUT2D eigenvalue weighted by Gasteiger charge is 2.45. The molecule has 0 unspecified atom stereocenters. The number of hydrogen-bond donors (Lipinski definition) is 2. The molecule has 0 aliphatic carbocycles. The minimum Gasteiger partial charge on any atom is -0.370 e. The molecule has 7 heteroatoms. The van der Waals surface area contributed by atoms with E-state index in [9.17, 15) is 4.79 Å². The molecule has 7 nitrogen and oxygen atoms in total. The monoisotopic (exact) mass is 378 g/mol. The quantitative estimate of drug-likeness (QED) is 0.796. The van der Waals surface area contributed by atoms with E-state index in [-0.39, 0.29) is 11.4 Å². The van der Waals surface area contributed by atoms with Gasteiger partial charge in [-0.25, -0.2) is 4.98 Å². The molecule has 2 N–H and O–H groups in total. The number of para-hydroxylation sites is 2. The number of amidine groups is 1. The molecular formula is C21H26N6O. The summed E-state index contributed by atoms with van der Waals surface area (Å²) in [6, 6.07) is 8.11. The number of rotatable bonds is 1. The molecule has 1 spiro atoms. The normalized spacial score (nSPS) is 23.1. The van der Waals surface area contributed by atoms with Crippen LogP contribution in [0, 0.1) is 0 Å². The van der Waals surface area contributed by atoms with Crippen molar-refractivity contribution in [1.82, 2.24) is 14.9 Å². The maximum atomic E-state index is 13.0. The number of nitrogens with one attached hydrogen (secondary N) is 2. The van der Waals surface area contributed by atoms with Gasteiger partial charge in [0.1, 0.15) is 17.1 Å². The van der Waals surface area contributed by atoms with E-state index in [1.54, 1.807) is 12.4 Å². The van der Waals surface area contributed by atoms with Gasteiger partial charge in [-0.15, -0.1) is 0 Å². The number of piperidine rings is 1. The van der Waals surface area contributed by atoms with Gasteiger partial charge in [0.05, 0.1) is 29.7 Å². The Morgan fingerprint density at radius 3 is 2.71 bits per heavy atom. The molecule has 28 heavy (non-hydrogen) atoms. The Hall–Kier alpha value is -2.96. The van der Waals surface area contributed by atoms with Crippen molar-refractivity contribution in [2.75, 3.05) is 23.7 Å². The SMILES string of the molecule is CC(C)(C)N=C1Nc2ccccc2N[C@]12CCCN(C(=O)c1cnccn1)C2. The van der Waals surface area contributed by atoms with Crippen LogP contribution in [0.5, 0.6) is 0 Å². The molecule has 0 radical (unpaired) electrons. The number of carbonyl (C=O) groups is 1. The number of anilines is 2. The Balaban J connectivity index is 1.70. The zero-order valence-electron chi connectivity index (χ0n) is 16.6. The van der Waals surface area contributed by atoms with Crippen LogP contribution in [0.4, 0.5) is 11.4 Å². The van der Waals surface area contributed by atoms with Gasteiger partial charge < -0.3 is 15.5 Å². The molecule has 2 aliphatic heterocycles. The lowest BCUT2D eigenvalue weighted by molar-refractivity contribution is 0.0688. The van der Waals surface area contributed by atoms with Crippen LogP contribution in [0.2, 0.25) is 0 Å². The van der Waals surface area contributed by atoms with Gasteiger partial charge in [-0.2, -0.15) is 0 Å². The van der Waals surface area contributed by atoms with Crippen LogP contribution in [0.1, 0.15) is 44.1 Å². The summed E-state index contributed by atoms with van der Waals surface area (Å²) in [6.45, 7) is 7.48. The van der Waals surface area contributed by atoms with E-state index in [0.29, 0.717) is 18.8 Å². The second-order valence-electron chi connectivity index (χ2n) is 8.43. The molecule has 0 bridgehead atoms. The van der Waals surface area contributed by atoms with Gasteiger partial charge in [-0.3, -0.25) is 14.8 Å². The van der Waals surface area contributed by atoms with Gasteiger partial charge in [0, 0.05) is 18.9 Å². The molecule has 3 heterocycles. The number of benzene rings is 1. The van der Waals surface area contributed by atoms with E-state index >= 15 is 0 Å². The van der Waals surface area contributed by atoms with E-state index in [1.807, 2.05) is 23.1 Å². The molecule has 1 amide bonds. The number of fused-ring (bicyclic) bond motifs is 1. The van der Waals surface area contributed by atoms with Crippen molar-refractivity contribution in [1.29, 1.82) is 0 Å². The van der Waals surface area contributed by atoms with E-state index in [0.717, 1.165) is 30.1 Å². The molecule has 146 valence electrons. The molecule has 2 aromatic rings. The van der Waals surface area contributed by atoms with Crippen molar-refractivity contribution in [3.05, 3.63) is 48.5 Å². The lowest BCUT2D eigenvalue weighted by Crippen LogP contribution is -2.63. The fourth-order valence-electron chi connectivity index (χ4n) is 3.83. The summed E-state index contributed by atoms with van der Waals surface area (Å²) < 4.78 is 0. The first-order valence-electron chi connectivity index (χ1n) is 9.66. The summed E-state index contributed by atoms with van der Waals surface area (Å²) in [5.74, 6) is 0.790. The first-order chi connectivity index (χ1) is 13.4. The number of amides is 1. The molecule has 2 aliphatic rings. The van der Waals surface area contributed by atoms with Gasteiger partial charge >= 0.3 is 0 Å². The minimum absolute atomic E-state index is 0.0945. The van der Waals surface area contributed by atoms with Crippen LogP contribution in [0.25, 0.3) is 0 Å². The summed E-state index contributed by atoms with van der Waals surface area (Å²) in [7, 11) is 0. The number of nitrogens with zero attached hydrogens (tertiary/aromatic N) is 4. The first-order valence-corrected chi connectivity index (χ1v) is 9.66. The maximum absolute atomic E-state index is 13.0. The summed E-state index contributed by atoms with van der Waals surface area (Å²) in [5.41, 5.74) is 1.73. The Bertz CT molecular complexity index is 905. The third-order valence-corrected chi connectivity index (χ3v) is 5.02. The summed E-state index contributed by atoms with van der Waals surface area (Å²) >= 11 is 0. The molecule has 1 fully saturated rings. The van der Waals surface area contributed by atoms with Gasteiger partial charge in [0.2, 0.25) is 0 Å². The molecule has 0 saturated carbocycles. The zero-order chi connectivity index (χ0) is 19.8. The Labute approximate surface area is 165 Å². The van der Waals surface area contributed by atoms with Gasteiger partial charge in [0.25, 0.3) is 5.91 Å². The van der Waals surface area contributed by atoms with E-state index < -0.39 is 5.54 Å². The molecule has 4 rings (SSSR count). The maximum Gasteiger partial charge on any atom is 0.274 e. The van der Waals surface area contributed by atoms with Crippen molar-refractivity contribution in [2.45, 2.75) is 44.7 Å². The van der Waals surface area contributed by atoms with Crippen LogP contribution in [-0.4, -0.2) is 50.8 Å². The van der Waals surface area contributed by atoms with Crippen LogP contribution in [0.3, 0.4) is 0 Å². The van der Waals surface area contributed by atoms with Crippen molar-refractivity contribution in [2.24, 2.45) is 4.99 Å². The standard InChI is InChI=1S/C21H26N6O/c1-20(2,3)26-19-21(25-16-8-5-4-7-15(16)24-19)9-6-12-27(14-21)18(28)17-13-22-10-11-23-17/h4-5,7-8,10-11,13,25H,6,9,12,14H2,1-3H3,(H,24,26)/t21-/m0/s1. The van der Waals surface area contributed by atoms with Crippen LogP contribution in [-0.2, 0) is 0 Å². The summed E-state index contributed by atoms with van der Waals surface area (Å²) in [5, 5.41) is 7.23. The smallest absolute Gasteiger partial charge is 0.274 e. The Kier molecular flexibility index (Phi) is 4.53. The lowest BCUT2D eigenvalue weighted by Gasteiger charge is -2.47. The second-order valence-corrected chi connectivity index (χ2v) is 8.43. The summed E-state index contributed by atoms with van der Waals surface area (Å²) in [6.07, 6.45) is 6.43. The third-order valence-electron chi connectivity index (χ3n) is 5.02. The number of hydrogen-bond acceptors (Lipinski definition) is 5. The Morgan fingerprint density at radius 2 is 2.00 bits per heavy atom. The van der Waals surface area contributed by atoms with Crippen molar-refractivity contribution in [3.63, 3.8) is 0 Å². The molecule has 1 aromatic heterocycles.